The highest BCUT2D eigenvalue weighted by atomic mass is 16.5. The van der Waals surface area contributed by atoms with E-state index in [9.17, 15) is 4.79 Å². The summed E-state index contributed by atoms with van der Waals surface area (Å²) in [6, 6.07) is 12.6. The summed E-state index contributed by atoms with van der Waals surface area (Å²) in [5.74, 6) is 0.336. The van der Waals surface area contributed by atoms with Crippen molar-refractivity contribution < 1.29 is 14.3 Å². The highest BCUT2D eigenvalue weighted by molar-refractivity contribution is 5.91. The van der Waals surface area contributed by atoms with Crippen LogP contribution in [0, 0.1) is 6.92 Å². The van der Waals surface area contributed by atoms with Gasteiger partial charge in [0.2, 0.25) is 0 Å². The summed E-state index contributed by atoms with van der Waals surface area (Å²) in [7, 11) is 1.59. The van der Waals surface area contributed by atoms with E-state index in [2.05, 4.69) is 0 Å². The van der Waals surface area contributed by atoms with Gasteiger partial charge in [-0.1, -0.05) is 18.2 Å². The molecule has 0 fully saturated rings. The summed E-state index contributed by atoms with van der Waals surface area (Å²) in [5.41, 5.74) is 8.44. The normalized spacial score (nSPS) is 10.1. The molecule has 0 amide bonds. The van der Waals surface area contributed by atoms with Gasteiger partial charge in [-0.2, -0.15) is 0 Å². The molecule has 4 nitrogen and oxygen atoms in total. The van der Waals surface area contributed by atoms with Crippen LogP contribution in [0.2, 0.25) is 0 Å². The Bertz CT molecular complexity index is 623. The van der Waals surface area contributed by atoms with Crippen molar-refractivity contribution in [1.29, 1.82) is 0 Å². The van der Waals surface area contributed by atoms with Gasteiger partial charge in [0.15, 0.2) is 0 Å². The van der Waals surface area contributed by atoms with Crippen LogP contribution in [0.4, 0.5) is 5.69 Å². The van der Waals surface area contributed by atoms with Crippen LogP contribution in [0.5, 0.6) is 5.75 Å². The van der Waals surface area contributed by atoms with E-state index in [1.165, 1.54) is 0 Å². The van der Waals surface area contributed by atoms with Gasteiger partial charge in [0, 0.05) is 11.3 Å². The van der Waals surface area contributed by atoms with Crippen molar-refractivity contribution in [3.8, 4) is 5.75 Å². The van der Waals surface area contributed by atoms with Gasteiger partial charge in [-0.3, -0.25) is 0 Å². The van der Waals surface area contributed by atoms with Crippen molar-refractivity contribution in [3.63, 3.8) is 0 Å². The zero-order valence-electron chi connectivity index (χ0n) is 11.6. The summed E-state index contributed by atoms with van der Waals surface area (Å²) in [4.78, 5) is 12.0. The fraction of sp³-hybridized carbons (Fsp3) is 0.188. The fourth-order valence-electron chi connectivity index (χ4n) is 1.96. The molecule has 0 unspecified atom stereocenters. The molecule has 0 saturated carbocycles. The van der Waals surface area contributed by atoms with Gasteiger partial charge in [0.25, 0.3) is 0 Å². The molecule has 0 atom stereocenters. The number of carbonyl (C=O) groups is 1. The summed E-state index contributed by atoms with van der Waals surface area (Å²) >= 11 is 0. The molecule has 0 saturated heterocycles. The van der Waals surface area contributed by atoms with Crippen LogP contribution in [-0.2, 0) is 11.3 Å². The highest BCUT2D eigenvalue weighted by Crippen LogP contribution is 2.19. The van der Waals surface area contributed by atoms with E-state index in [0.29, 0.717) is 17.0 Å². The quantitative estimate of drug-likeness (QED) is 0.686. The number of benzene rings is 2. The number of carbonyl (C=O) groups excluding carboxylic acids is 1. The van der Waals surface area contributed by atoms with E-state index < -0.39 is 0 Å². The third-order valence-corrected chi connectivity index (χ3v) is 3.02. The topological polar surface area (TPSA) is 61.5 Å². The summed E-state index contributed by atoms with van der Waals surface area (Å²) < 4.78 is 10.5. The number of esters is 1. The van der Waals surface area contributed by atoms with Crippen LogP contribution in [0.1, 0.15) is 21.5 Å². The molecule has 2 rings (SSSR count). The molecular weight excluding hydrogens is 254 g/mol. The first-order valence-corrected chi connectivity index (χ1v) is 6.27. The minimum absolute atomic E-state index is 0.173. The Morgan fingerprint density at radius 1 is 1.20 bits per heavy atom. The molecule has 20 heavy (non-hydrogen) atoms. The fourth-order valence-corrected chi connectivity index (χ4v) is 1.96. The Balaban J connectivity index is 2.09. The maximum absolute atomic E-state index is 12.0. The number of hydrogen-bond acceptors (Lipinski definition) is 4. The third kappa shape index (κ3) is 3.09. The molecule has 4 heteroatoms. The van der Waals surface area contributed by atoms with Crippen molar-refractivity contribution in [1.82, 2.24) is 0 Å². The molecule has 104 valence electrons. The van der Waals surface area contributed by atoms with Crippen LogP contribution in [0.15, 0.2) is 42.5 Å². The van der Waals surface area contributed by atoms with E-state index in [4.69, 9.17) is 15.2 Å². The molecule has 0 spiro atoms. The number of hydrogen-bond donors (Lipinski definition) is 1. The molecule has 2 N–H and O–H groups in total. The highest BCUT2D eigenvalue weighted by Gasteiger charge is 2.12. The first-order chi connectivity index (χ1) is 9.61. The minimum Gasteiger partial charge on any atom is -0.496 e. The Labute approximate surface area is 118 Å². The number of ether oxygens (including phenoxy) is 2. The van der Waals surface area contributed by atoms with Gasteiger partial charge in [-0.05, 0) is 36.8 Å². The molecular formula is C16H17NO3. The third-order valence-electron chi connectivity index (χ3n) is 3.02. The lowest BCUT2D eigenvalue weighted by atomic mass is 10.1. The lowest BCUT2D eigenvalue weighted by Crippen LogP contribution is -2.08. The van der Waals surface area contributed by atoms with Crippen LogP contribution >= 0.6 is 0 Å². The number of para-hydroxylation sites is 1. The summed E-state index contributed by atoms with van der Waals surface area (Å²) in [6.45, 7) is 2.00. The predicted octanol–water partition coefficient (Wildman–Crippen LogP) is 2.94. The van der Waals surface area contributed by atoms with Crippen molar-refractivity contribution in [2.75, 3.05) is 12.8 Å². The minimum atomic E-state index is -0.367. The van der Waals surface area contributed by atoms with E-state index in [-0.39, 0.29) is 12.6 Å². The second-order valence-corrected chi connectivity index (χ2v) is 4.46. The van der Waals surface area contributed by atoms with Crippen LogP contribution < -0.4 is 10.5 Å². The first kappa shape index (κ1) is 13.9. The van der Waals surface area contributed by atoms with Crippen molar-refractivity contribution in [2.24, 2.45) is 0 Å². The molecule has 0 radical (unpaired) electrons. The second-order valence-electron chi connectivity index (χ2n) is 4.46. The number of anilines is 1. The Morgan fingerprint density at radius 2 is 1.95 bits per heavy atom. The number of nitrogen functional groups attached to an aromatic ring is 1. The van der Waals surface area contributed by atoms with E-state index in [0.717, 1.165) is 11.1 Å². The van der Waals surface area contributed by atoms with Gasteiger partial charge < -0.3 is 15.2 Å². The molecule has 0 heterocycles. The molecule has 0 aromatic heterocycles. The molecule has 2 aromatic carbocycles. The maximum Gasteiger partial charge on any atom is 0.338 e. The smallest absolute Gasteiger partial charge is 0.338 e. The molecule has 0 aliphatic heterocycles. The van der Waals surface area contributed by atoms with Crippen LogP contribution in [-0.4, -0.2) is 13.1 Å². The molecule has 2 aromatic rings. The SMILES string of the molecule is COc1ccccc1COC(=O)c1ccc(N)cc1C. The zero-order chi connectivity index (χ0) is 14.5. The lowest BCUT2D eigenvalue weighted by molar-refractivity contribution is 0.0469. The average molecular weight is 271 g/mol. The Kier molecular flexibility index (Phi) is 4.25. The monoisotopic (exact) mass is 271 g/mol. The standard InChI is InChI=1S/C16H17NO3/c1-11-9-13(17)7-8-14(11)16(18)20-10-12-5-3-4-6-15(12)19-2/h3-9H,10,17H2,1-2H3. The van der Waals surface area contributed by atoms with Gasteiger partial charge in [-0.25, -0.2) is 4.79 Å². The van der Waals surface area contributed by atoms with Crippen molar-refractivity contribution >= 4 is 11.7 Å². The van der Waals surface area contributed by atoms with Gasteiger partial charge in [0.05, 0.1) is 12.7 Å². The average Bonchev–Trinajstić information content (AvgIpc) is 2.45. The first-order valence-electron chi connectivity index (χ1n) is 6.27. The number of rotatable bonds is 4. The largest absolute Gasteiger partial charge is 0.496 e. The Morgan fingerprint density at radius 3 is 2.65 bits per heavy atom. The maximum atomic E-state index is 12.0. The molecule has 0 aliphatic carbocycles. The zero-order valence-corrected chi connectivity index (χ0v) is 11.6. The summed E-state index contributed by atoms with van der Waals surface area (Å²) in [5, 5.41) is 0. The second kappa shape index (κ2) is 6.10. The molecule has 0 bridgehead atoms. The van der Waals surface area contributed by atoms with Crippen molar-refractivity contribution in [2.45, 2.75) is 13.5 Å². The number of aryl methyl sites for hydroxylation is 1. The van der Waals surface area contributed by atoms with Crippen LogP contribution in [0.3, 0.4) is 0 Å². The van der Waals surface area contributed by atoms with E-state index in [1.807, 2.05) is 31.2 Å². The lowest BCUT2D eigenvalue weighted by Gasteiger charge is -2.10. The Hall–Kier alpha value is -2.49. The van der Waals surface area contributed by atoms with Gasteiger partial charge >= 0.3 is 5.97 Å². The van der Waals surface area contributed by atoms with E-state index >= 15 is 0 Å². The number of methoxy groups -OCH3 is 1. The summed E-state index contributed by atoms with van der Waals surface area (Å²) in [6.07, 6.45) is 0. The van der Waals surface area contributed by atoms with Crippen molar-refractivity contribution in [3.05, 3.63) is 59.2 Å². The molecule has 0 aliphatic rings. The van der Waals surface area contributed by atoms with Crippen LogP contribution in [0.25, 0.3) is 0 Å². The van der Waals surface area contributed by atoms with Gasteiger partial charge in [0.1, 0.15) is 12.4 Å². The van der Waals surface area contributed by atoms with E-state index in [1.54, 1.807) is 25.3 Å². The predicted molar refractivity (Wildman–Crippen MR) is 77.7 cm³/mol. The number of nitrogens with two attached hydrogens (primary N) is 1. The van der Waals surface area contributed by atoms with Gasteiger partial charge in [-0.15, -0.1) is 0 Å².